The molecule has 0 N–H and O–H groups in total. The van der Waals surface area contributed by atoms with Crippen LogP contribution in [-0.4, -0.2) is 38.0 Å². The summed E-state index contributed by atoms with van der Waals surface area (Å²) in [5, 5.41) is 0. The molecule has 2 heterocycles. The van der Waals surface area contributed by atoms with Crippen LogP contribution in [0.4, 0.5) is 0 Å². The van der Waals surface area contributed by atoms with Gasteiger partial charge in [0, 0.05) is 18.0 Å². The van der Waals surface area contributed by atoms with Crippen LogP contribution in [0, 0.1) is 0 Å². The molecule has 2 rings (SSSR count). The highest BCUT2D eigenvalue weighted by molar-refractivity contribution is 9.11. The largest absolute Gasteiger partial charge is 0.373 e. The molecular weight excluding hydrogens is 374 g/mol. The van der Waals surface area contributed by atoms with E-state index in [0.29, 0.717) is 27.7 Å². The second-order valence-electron chi connectivity index (χ2n) is 4.56. The average Bonchev–Trinajstić information content (AvgIpc) is 2.70. The highest BCUT2D eigenvalue weighted by atomic mass is 79.9. The number of hydrogen-bond donors (Lipinski definition) is 0. The number of rotatable bonds is 3. The number of sulfonamides is 1. The Bertz CT molecular complexity index is 550. The highest BCUT2D eigenvalue weighted by Crippen LogP contribution is 2.35. The van der Waals surface area contributed by atoms with Crippen LogP contribution < -0.4 is 0 Å². The van der Waals surface area contributed by atoms with E-state index >= 15 is 0 Å². The van der Waals surface area contributed by atoms with E-state index in [9.17, 15) is 8.42 Å². The van der Waals surface area contributed by atoms with E-state index in [4.69, 9.17) is 16.3 Å². The van der Waals surface area contributed by atoms with Crippen molar-refractivity contribution < 1.29 is 13.2 Å². The molecule has 0 aromatic carbocycles. The van der Waals surface area contributed by atoms with Crippen molar-refractivity contribution in [3.05, 3.63) is 14.7 Å². The second-order valence-corrected chi connectivity index (χ2v) is 9.19. The van der Waals surface area contributed by atoms with Crippen LogP contribution in [-0.2, 0) is 20.6 Å². The Labute approximate surface area is 130 Å². The SMILES string of the molecule is CC1CN(S(=O)(=O)c2cc(CCl)sc2Br)CC(C)O1. The van der Waals surface area contributed by atoms with E-state index < -0.39 is 10.0 Å². The molecule has 0 spiro atoms. The van der Waals surface area contributed by atoms with E-state index in [1.54, 1.807) is 6.07 Å². The minimum absolute atomic E-state index is 0.0940. The van der Waals surface area contributed by atoms with Gasteiger partial charge in [0.25, 0.3) is 0 Å². The zero-order chi connectivity index (χ0) is 14.2. The molecule has 1 aromatic heterocycles. The quantitative estimate of drug-likeness (QED) is 0.748. The molecule has 1 aliphatic heterocycles. The molecule has 0 bridgehead atoms. The predicted octanol–water partition coefficient (Wildman–Crippen LogP) is 3.05. The summed E-state index contributed by atoms with van der Waals surface area (Å²) in [7, 11) is -3.49. The maximum absolute atomic E-state index is 12.6. The molecule has 0 amide bonds. The van der Waals surface area contributed by atoms with Crippen LogP contribution in [0.5, 0.6) is 0 Å². The van der Waals surface area contributed by atoms with Crippen molar-refractivity contribution in [2.45, 2.75) is 36.8 Å². The third-order valence-corrected chi connectivity index (χ3v) is 7.37. The first-order valence-corrected chi connectivity index (χ1v) is 9.42. The van der Waals surface area contributed by atoms with E-state index in [-0.39, 0.29) is 12.2 Å². The first-order chi connectivity index (χ1) is 8.84. The van der Waals surface area contributed by atoms with Crippen molar-refractivity contribution in [1.82, 2.24) is 4.31 Å². The summed E-state index contributed by atoms with van der Waals surface area (Å²) >= 11 is 10.4. The van der Waals surface area contributed by atoms with Crippen molar-refractivity contribution in [1.29, 1.82) is 0 Å². The summed E-state index contributed by atoms with van der Waals surface area (Å²) in [4.78, 5) is 1.14. The minimum Gasteiger partial charge on any atom is -0.373 e. The van der Waals surface area contributed by atoms with E-state index in [1.807, 2.05) is 13.8 Å². The Morgan fingerprint density at radius 2 is 2.05 bits per heavy atom. The van der Waals surface area contributed by atoms with Crippen LogP contribution in [0.25, 0.3) is 0 Å². The van der Waals surface area contributed by atoms with Gasteiger partial charge in [-0.05, 0) is 35.8 Å². The maximum Gasteiger partial charge on any atom is 0.245 e. The average molecular weight is 389 g/mol. The van der Waals surface area contributed by atoms with Gasteiger partial charge in [-0.3, -0.25) is 0 Å². The van der Waals surface area contributed by atoms with Crippen molar-refractivity contribution in [3.8, 4) is 0 Å². The van der Waals surface area contributed by atoms with Gasteiger partial charge in [-0.2, -0.15) is 4.31 Å². The topological polar surface area (TPSA) is 46.6 Å². The first-order valence-electron chi connectivity index (χ1n) is 5.84. The first kappa shape index (κ1) is 15.7. The van der Waals surface area contributed by atoms with Crippen LogP contribution >= 0.6 is 38.9 Å². The summed E-state index contributed by atoms with van der Waals surface area (Å²) in [6.45, 7) is 4.52. The van der Waals surface area contributed by atoms with Gasteiger partial charge in [0.05, 0.1) is 21.9 Å². The van der Waals surface area contributed by atoms with Gasteiger partial charge in [-0.1, -0.05) is 0 Å². The zero-order valence-electron chi connectivity index (χ0n) is 10.6. The van der Waals surface area contributed by atoms with Gasteiger partial charge >= 0.3 is 0 Å². The lowest BCUT2D eigenvalue weighted by molar-refractivity contribution is -0.0440. The van der Waals surface area contributed by atoms with E-state index in [2.05, 4.69) is 15.9 Å². The lowest BCUT2D eigenvalue weighted by atomic mass is 10.3. The maximum atomic E-state index is 12.6. The number of alkyl halides is 1. The lowest BCUT2D eigenvalue weighted by Crippen LogP contribution is -2.48. The Morgan fingerprint density at radius 1 is 1.47 bits per heavy atom. The van der Waals surface area contributed by atoms with Crippen molar-refractivity contribution in [2.75, 3.05) is 13.1 Å². The number of thiophene rings is 1. The van der Waals surface area contributed by atoms with Gasteiger partial charge in [-0.25, -0.2) is 8.42 Å². The van der Waals surface area contributed by atoms with E-state index in [1.165, 1.54) is 15.6 Å². The number of ether oxygens (including phenoxy) is 1. The molecule has 108 valence electrons. The van der Waals surface area contributed by atoms with Gasteiger partial charge < -0.3 is 4.74 Å². The zero-order valence-corrected chi connectivity index (χ0v) is 14.6. The normalized spacial score (nSPS) is 25.7. The monoisotopic (exact) mass is 387 g/mol. The molecule has 2 atom stereocenters. The van der Waals surface area contributed by atoms with Crippen molar-refractivity contribution >= 4 is 48.9 Å². The number of nitrogens with zero attached hydrogens (tertiary/aromatic N) is 1. The van der Waals surface area contributed by atoms with Gasteiger partial charge in [0.1, 0.15) is 4.90 Å². The van der Waals surface area contributed by atoms with E-state index in [0.717, 1.165) is 4.88 Å². The van der Waals surface area contributed by atoms with Crippen LogP contribution in [0.15, 0.2) is 14.7 Å². The molecule has 0 aliphatic carbocycles. The third-order valence-electron chi connectivity index (χ3n) is 2.84. The second kappa shape index (κ2) is 5.99. The molecular formula is C11H15BrClNO3S2. The van der Waals surface area contributed by atoms with Gasteiger partial charge in [-0.15, -0.1) is 22.9 Å². The molecule has 0 saturated carbocycles. The molecule has 4 nitrogen and oxygen atoms in total. The van der Waals surface area contributed by atoms with Gasteiger partial charge in [0.2, 0.25) is 10.0 Å². The van der Waals surface area contributed by atoms with Crippen molar-refractivity contribution in [3.63, 3.8) is 0 Å². The molecule has 0 radical (unpaired) electrons. The standard InChI is InChI=1S/C11H15BrClNO3S2/c1-7-5-14(6-8(2)17-7)19(15,16)10-3-9(4-13)18-11(10)12/h3,7-8H,4-6H2,1-2H3. The Hall–Kier alpha value is 0.340. The third kappa shape index (κ3) is 3.33. The van der Waals surface area contributed by atoms with Crippen LogP contribution in [0.2, 0.25) is 0 Å². The highest BCUT2D eigenvalue weighted by Gasteiger charge is 2.34. The predicted molar refractivity (Wildman–Crippen MR) is 80.3 cm³/mol. The summed E-state index contributed by atoms with van der Waals surface area (Å²) in [5.74, 6) is 0.314. The fraction of sp³-hybridized carbons (Fsp3) is 0.636. The number of halogens is 2. The fourth-order valence-electron chi connectivity index (χ4n) is 2.11. The fourth-order valence-corrected chi connectivity index (χ4v) is 6.42. The smallest absolute Gasteiger partial charge is 0.245 e. The Kier molecular flexibility index (Phi) is 4.96. The molecule has 1 aliphatic rings. The summed E-state index contributed by atoms with van der Waals surface area (Å²) in [6.07, 6.45) is -0.188. The molecule has 1 fully saturated rings. The molecule has 2 unspecified atom stereocenters. The Morgan fingerprint density at radius 3 is 2.53 bits per heavy atom. The van der Waals surface area contributed by atoms with Crippen LogP contribution in [0.1, 0.15) is 18.7 Å². The molecule has 8 heteroatoms. The minimum atomic E-state index is -3.49. The summed E-state index contributed by atoms with van der Waals surface area (Å²) in [5.41, 5.74) is 0. The molecule has 1 aromatic rings. The lowest BCUT2D eigenvalue weighted by Gasteiger charge is -2.34. The molecule has 19 heavy (non-hydrogen) atoms. The van der Waals surface area contributed by atoms with Crippen molar-refractivity contribution in [2.24, 2.45) is 0 Å². The van der Waals surface area contributed by atoms with Gasteiger partial charge in [0.15, 0.2) is 0 Å². The van der Waals surface area contributed by atoms with Crippen LogP contribution in [0.3, 0.4) is 0 Å². The number of hydrogen-bond acceptors (Lipinski definition) is 4. The summed E-state index contributed by atoms with van der Waals surface area (Å²) < 4.78 is 32.9. The Balaban J connectivity index is 2.33. The molecule has 1 saturated heterocycles. The summed E-state index contributed by atoms with van der Waals surface area (Å²) in [6, 6.07) is 1.64. The number of morpholine rings is 1.